The third-order valence-electron chi connectivity index (χ3n) is 5.10. The molecular formula is C20H32N4O3. The summed E-state index contributed by atoms with van der Waals surface area (Å²) in [5, 5.41) is 13.3. The number of amides is 2. The van der Waals surface area contributed by atoms with Gasteiger partial charge in [-0.25, -0.2) is 0 Å². The van der Waals surface area contributed by atoms with Crippen molar-refractivity contribution in [1.82, 2.24) is 15.1 Å². The number of hydrogen-bond donors (Lipinski definition) is 2. The van der Waals surface area contributed by atoms with E-state index in [1.807, 2.05) is 29.2 Å². The molecule has 0 bridgehead atoms. The van der Waals surface area contributed by atoms with Crippen molar-refractivity contribution in [1.29, 1.82) is 0 Å². The fourth-order valence-electron chi connectivity index (χ4n) is 3.31. The van der Waals surface area contributed by atoms with Crippen LogP contribution in [-0.2, 0) is 4.79 Å². The van der Waals surface area contributed by atoms with Crippen molar-refractivity contribution in [2.45, 2.75) is 32.4 Å². The van der Waals surface area contributed by atoms with E-state index < -0.39 is 6.10 Å². The fraction of sp³-hybridized carbons (Fsp3) is 0.600. The van der Waals surface area contributed by atoms with Gasteiger partial charge in [-0.3, -0.25) is 14.5 Å². The first-order chi connectivity index (χ1) is 12.8. The summed E-state index contributed by atoms with van der Waals surface area (Å²) in [5.74, 6) is -0.166. The molecule has 1 aromatic carbocycles. The molecule has 0 aromatic heterocycles. The van der Waals surface area contributed by atoms with E-state index in [1.165, 1.54) is 0 Å². The van der Waals surface area contributed by atoms with Gasteiger partial charge in [-0.1, -0.05) is 0 Å². The molecule has 7 nitrogen and oxygen atoms in total. The van der Waals surface area contributed by atoms with Crippen LogP contribution in [0.15, 0.2) is 24.3 Å². The summed E-state index contributed by atoms with van der Waals surface area (Å²) in [6.07, 6.45) is -0.0712. The normalized spacial score (nSPS) is 20.2. The standard InChI is InChI=1S/C20H32N4O3/c1-5-24(6-2)16-9-7-15(8-10-16)20(27)21-17-11-12-23(13-18(17)25)14-19(26)22(3)4/h7-10,17-18,25H,5-6,11-14H2,1-4H3,(H,21,27)/t17-,18-/m1/s1. The monoisotopic (exact) mass is 376 g/mol. The lowest BCUT2D eigenvalue weighted by atomic mass is 10.0. The number of likely N-dealkylation sites (N-methyl/N-ethyl adjacent to an activating group) is 1. The van der Waals surface area contributed by atoms with E-state index in [0.717, 1.165) is 18.8 Å². The number of nitrogens with one attached hydrogen (secondary N) is 1. The first-order valence-electron chi connectivity index (χ1n) is 9.62. The summed E-state index contributed by atoms with van der Waals surface area (Å²) in [4.78, 5) is 30.0. The number of carbonyl (C=O) groups is 2. The fourth-order valence-corrected chi connectivity index (χ4v) is 3.31. The number of likely N-dealkylation sites (tertiary alicyclic amines) is 1. The van der Waals surface area contributed by atoms with Gasteiger partial charge in [0.25, 0.3) is 5.91 Å². The highest BCUT2D eigenvalue weighted by Crippen LogP contribution is 2.16. The summed E-state index contributed by atoms with van der Waals surface area (Å²) in [6.45, 7) is 7.38. The molecule has 27 heavy (non-hydrogen) atoms. The van der Waals surface area contributed by atoms with Crippen LogP contribution in [0.25, 0.3) is 0 Å². The van der Waals surface area contributed by atoms with E-state index in [-0.39, 0.29) is 24.4 Å². The van der Waals surface area contributed by atoms with Gasteiger partial charge in [0.05, 0.1) is 18.7 Å². The quantitative estimate of drug-likeness (QED) is 0.736. The molecule has 2 rings (SSSR count). The zero-order valence-corrected chi connectivity index (χ0v) is 16.8. The van der Waals surface area contributed by atoms with Crippen LogP contribution in [0.3, 0.4) is 0 Å². The maximum Gasteiger partial charge on any atom is 0.251 e. The number of hydrogen-bond acceptors (Lipinski definition) is 5. The highest BCUT2D eigenvalue weighted by molar-refractivity contribution is 5.94. The molecule has 1 heterocycles. The van der Waals surface area contributed by atoms with Crippen LogP contribution in [0.2, 0.25) is 0 Å². The van der Waals surface area contributed by atoms with Crippen molar-refractivity contribution in [3.8, 4) is 0 Å². The third kappa shape index (κ3) is 5.68. The molecule has 0 saturated carbocycles. The number of benzene rings is 1. The molecule has 2 N–H and O–H groups in total. The van der Waals surface area contributed by atoms with Gasteiger partial charge in [0.2, 0.25) is 5.91 Å². The predicted octanol–water partition coefficient (Wildman–Crippen LogP) is 0.786. The van der Waals surface area contributed by atoms with Gasteiger partial charge in [0.1, 0.15) is 0 Å². The molecule has 2 amide bonds. The minimum absolute atomic E-state index is 0.0120. The number of rotatable bonds is 7. The van der Waals surface area contributed by atoms with Gasteiger partial charge >= 0.3 is 0 Å². The Morgan fingerprint density at radius 3 is 2.33 bits per heavy atom. The van der Waals surface area contributed by atoms with Gasteiger partial charge in [-0.15, -0.1) is 0 Å². The predicted molar refractivity (Wildman–Crippen MR) is 107 cm³/mol. The van der Waals surface area contributed by atoms with Crippen LogP contribution in [-0.4, -0.2) is 85.7 Å². The molecule has 0 unspecified atom stereocenters. The van der Waals surface area contributed by atoms with Crippen LogP contribution in [0.1, 0.15) is 30.6 Å². The third-order valence-corrected chi connectivity index (χ3v) is 5.10. The minimum atomic E-state index is -0.687. The average Bonchev–Trinajstić information content (AvgIpc) is 2.65. The smallest absolute Gasteiger partial charge is 0.251 e. The average molecular weight is 377 g/mol. The van der Waals surface area contributed by atoms with Crippen LogP contribution in [0.5, 0.6) is 0 Å². The maximum atomic E-state index is 12.5. The number of piperidine rings is 1. The number of β-amino-alcohol motifs (C(OH)–C–C–N with tert-alkyl or cyclic N) is 1. The number of nitrogens with zero attached hydrogens (tertiary/aromatic N) is 3. The van der Waals surface area contributed by atoms with E-state index in [2.05, 4.69) is 24.1 Å². The second-order valence-corrected chi connectivity index (χ2v) is 7.18. The SMILES string of the molecule is CCN(CC)c1ccc(C(=O)N[C@@H]2CCN(CC(=O)N(C)C)C[C@H]2O)cc1. The van der Waals surface area contributed by atoms with E-state index in [4.69, 9.17) is 0 Å². The van der Waals surface area contributed by atoms with Crippen molar-refractivity contribution in [3.63, 3.8) is 0 Å². The van der Waals surface area contributed by atoms with E-state index in [0.29, 0.717) is 25.1 Å². The Labute approximate surface area is 161 Å². The maximum absolute atomic E-state index is 12.5. The first-order valence-corrected chi connectivity index (χ1v) is 9.62. The number of aliphatic hydroxyl groups excluding tert-OH is 1. The Bertz CT molecular complexity index is 629. The summed E-state index contributed by atoms with van der Waals surface area (Å²) < 4.78 is 0. The lowest BCUT2D eigenvalue weighted by Gasteiger charge is -2.36. The second kappa shape index (κ2) is 9.71. The lowest BCUT2D eigenvalue weighted by molar-refractivity contribution is -0.130. The number of carbonyl (C=O) groups excluding carboxylic acids is 2. The molecule has 0 radical (unpaired) electrons. The lowest BCUT2D eigenvalue weighted by Crippen LogP contribution is -2.55. The highest BCUT2D eigenvalue weighted by atomic mass is 16.3. The van der Waals surface area contributed by atoms with Crippen LogP contribution < -0.4 is 10.2 Å². The summed E-state index contributed by atoms with van der Waals surface area (Å²) >= 11 is 0. The van der Waals surface area contributed by atoms with Crippen LogP contribution in [0.4, 0.5) is 5.69 Å². The Kier molecular flexibility index (Phi) is 7.62. The molecule has 0 spiro atoms. The molecule has 1 saturated heterocycles. The zero-order chi connectivity index (χ0) is 20.0. The highest BCUT2D eigenvalue weighted by Gasteiger charge is 2.30. The van der Waals surface area contributed by atoms with Gasteiger partial charge in [0, 0.05) is 51.5 Å². The number of aliphatic hydroxyl groups is 1. The Balaban J connectivity index is 1.90. The molecule has 2 atom stereocenters. The van der Waals surface area contributed by atoms with Crippen LogP contribution in [0, 0.1) is 0 Å². The van der Waals surface area contributed by atoms with Crippen molar-refractivity contribution < 1.29 is 14.7 Å². The van der Waals surface area contributed by atoms with Crippen molar-refractivity contribution in [3.05, 3.63) is 29.8 Å². The van der Waals surface area contributed by atoms with Gasteiger partial charge in [0.15, 0.2) is 0 Å². The molecule has 1 fully saturated rings. The largest absolute Gasteiger partial charge is 0.390 e. The van der Waals surface area contributed by atoms with Gasteiger partial charge in [-0.2, -0.15) is 0 Å². The molecule has 0 aliphatic carbocycles. The molecular weight excluding hydrogens is 344 g/mol. The molecule has 7 heteroatoms. The number of anilines is 1. The van der Waals surface area contributed by atoms with Crippen molar-refractivity contribution in [2.75, 3.05) is 51.7 Å². The Morgan fingerprint density at radius 2 is 1.81 bits per heavy atom. The van der Waals surface area contributed by atoms with Crippen LogP contribution >= 0.6 is 0 Å². The first kappa shape index (κ1) is 21.2. The molecule has 1 aromatic rings. The van der Waals surface area contributed by atoms with E-state index in [1.54, 1.807) is 19.0 Å². The molecule has 1 aliphatic heterocycles. The van der Waals surface area contributed by atoms with Gasteiger partial charge in [-0.05, 0) is 44.5 Å². The summed E-state index contributed by atoms with van der Waals surface area (Å²) in [7, 11) is 3.44. The summed E-state index contributed by atoms with van der Waals surface area (Å²) in [6, 6.07) is 7.24. The topological polar surface area (TPSA) is 76.1 Å². The minimum Gasteiger partial charge on any atom is -0.390 e. The summed E-state index contributed by atoms with van der Waals surface area (Å²) in [5.41, 5.74) is 1.68. The Hall–Kier alpha value is -2.12. The van der Waals surface area contributed by atoms with E-state index in [9.17, 15) is 14.7 Å². The van der Waals surface area contributed by atoms with E-state index >= 15 is 0 Å². The van der Waals surface area contributed by atoms with Crippen molar-refractivity contribution in [2.24, 2.45) is 0 Å². The Morgan fingerprint density at radius 1 is 1.19 bits per heavy atom. The molecule has 150 valence electrons. The zero-order valence-electron chi connectivity index (χ0n) is 16.8. The van der Waals surface area contributed by atoms with Crippen molar-refractivity contribution >= 4 is 17.5 Å². The second-order valence-electron chi connectivity index (χ2n) is 7.18. The molecule has 1 aliphatic rings. The van der Waals surface area contributed by atoms with Gasteiger partial charge < -0.3 is 20.2 Å².